The second kappa shape index (κ2) is 6.72. The van der Waals surface area contributed by atoms with Crippen molar-refractivity contribution in [3.63, 3.8) is 0 Å². The molecule has 0 aliphatic carbocycles. The van der Waals surface area contributed by atoms with E-state index in [1.807, 2.05) is 42.5 Å². The number of hydrogen-bond acceptors (Lipinski definition) is 2. The molecule has 0 aliphatic rings. The van der Waals surface area contributed by atoms with Crippen LogP contribution in [0, 0.1) is 0 Å². The summed E-state index contributed by atoms with van der Waals surface area (Å²) in [7, 11) is 0. The molecule has 1 heterocycles. The molecule has 0 fully saturated rings. The van der Waals surface area contributed by atoms with Gasteiger partial charge in [-0.3, -0.25) is 0 Å². The number of fused-ring (bicyclic) bond motifs is 1. The van der Waals surface area contributed by atoms with Gasteiger partial charge in [0.25, 0.3) is 0 Å². The van der Waals surface area contributed by atoms with Crippen LogP contribution in [0.3, 0.4) is 0 Å². The summed E-state index contributed by atoms with van der Waals surface area (Å²) in [4.78, 5) is 9.30. The van der Waals surface area contributed by atoms with Crippen LogP contribution in [0.25, 0.3) is 10.9 Å². The Morgan fingerprint density at radius 1 is 0.952 bits per heavy atom. The van der Waals surface area contributed by atoms with Crippen molar-refractivity contribution in [1.82, 2.24) is 8.52 Å². The molecule has 0 unspecified atom stereocenters. The normalized spacial score (nSPS) is 11.6. The molecule has 3 rings (SSSR count). The molecule has 4 heteroatoms. The first-order chi connectivity index (χ1) is 10.4. The number of nitrogens with one attached hydrogen (secondary N) is 1. The average molecular weight is 379 g/mol. The van der Waals surface area contributed by atoms with Crippen LogP contribution in [-0.2, 0) is 6.54 Å². The number of hydrogen-bond donors (Lipinski definition) is 1. The van der Waals surface area contributed by atoms with Crippen molar-refractivity contribution in [3.8, 4) is 0 Å². The van der Waals surface area contributed by atoms with Crippen LogP contribution in [0.5, 0.6) is 0 Å². The van der Waals surface area contributed by atoms with Gasteiger partial charge in [0.15, 0.2) is 0 Å². The van der Waals surface area contributed by atoms with Gasteiger partial charge < -0.3 is 0 Å². The first-order valence-corrected chi connectivity index (χ1v) is 8.17. The van der Waals surface area contributed by atoms with E-state index in [1.54, 1.807) is 0 Å². The topological polar surface area (TPSA) is 37.3 Å². The second-order valence-corrected chi connectivity index (χ2v) is 5.36. The van der Waals surface area contributed by atoms with Crippen LogP contribution in [0.15, 0.2) is 71.7 Å². The first kappa shape index (κ1) is 14.1. The predicted molar refractivity (Wildman–Crippen MR) is 87.3 cm³/mol. The van der Waals surface area contributed by atoms with E-state index in [9.17, 15) is 0 Å². The summed E-state index contributed by atoms with van der Waals surface area (Å²) >= 11 is 1.23. The quantitative estimate of drug-likeness (QED) is 0.432. The predicted octanol–water partition coefficient (Wildman–Crippen LogP) is 2.85. The summed E-state index contributed by atoms with van der Waals surface area (Å²) < 4.78 is 3.24. The van der Waals surface area contributed by atoms with E-state index in [2.05, 4.69) is 37.8 Å². The number of amidine groups is 1. The minimum atomic E-state index is 0.580. The molecule has 0 saturated carbocycles. The summed E-state index contributed by atoms with van der Waals surface area (Å²) in [5.41, 5.74) is 3.10. The van der Waals surface area contributed by atoms with Crippen molar-refractivity contribution in [2.24, 2.45) is 4.99 Å². The molecule has 0 aliphatic heterocycles. The van der Waals surface area contributed by atoms with E-state index < -0.39 is 0 Å². The summed E-state index contributed by atoms with van der Waals surface area (Å²) in [6.45, 7) is 0.580. The summed E-state index contributed by atoms with van der Waals surface area (Å²) in [5.74, 6) is 0.920. The van der Waals surface area contributed by atoms with Gasteiger partial charge >= 0.3 is 138 Å². The van der Waals surface area contributed by atoms with E-state index in [-0.39, 0.29) is 0 Å². The first-order valence-electron chi connectivity index (χ1n) is 6.74. The molecular weight excluding hydrogens is 365 g/mol. The van der Waals surface area contributed by atoms with Gasteiger partial charge in [-0.15, -0.1) is 0 Å². The van der Waals surface area contributed by atoms with Crippen molar-refractivity contribution < 1.29 is 0 Å². The Balaban J connectivity index is 1.85. The molecule has 0 spiro atoms. The van der Waals surface area contributed by atoms with E-state index >= 15 is 0 Å². The SMILES string of the molecule is [Sn-][NH]C(=NCc1ccc2ccccc2n1)c1ccccc1. The third kappa shape index (κ3) is 3.42. The van der Waals surface area contributed by atoms with Crippen LogP contribution in [0.1, 0.15) is 11.3 Å². The molecule has 2 aromatic carbocycles. The van der Waals surface area contributed by atoms with Crippen molar-refractivity contribution in [1.29, 1.82) is 0 Å². The Kier molecular flexibility index (Phi) is 4.50. The molecule has 0 amide bonds. The maximum absolute atomic E-state index is 4.66. The number of benzene rings is 2. The van der Waals surface area contributed by atoms with Crippen LogP contribution in [0.4, 0.5) is 0 Å². The third-order valence-electron chi connectivity index (χ3n) is 3.22. The van der Waals surface area contributed by atoms with E-state index in [0.29, 0.717) is 6.54 Å². The van der Waals surface area contributed by atoms with Crippen molar-refractivity contribution in [3.05, 3.63) is 78.0 Å². The Morgan fingerprint density at radius 3 is 2.52 bits per heavy atom. The second-order valence-electron chi connectivity index (χ2n) is 4.65. The molecule has 0 saturated heterocycles. The van der Waals surface area contributed by atoms with Gasteiger partial charge in [0.1, 0.15) is 0 Å². The number of nitrogens with zero attached hydrogens (tertiary/aromatic N) is 2. The van der Waals surface area contributed by atoms with Gasteiger partial charge in [0.05, 0.1) is 0 Å². The molecule has 21 heavy (non-hydrogen) atoms. The van der Waals surface area contributed by atoms with E-state index in [0.717, 1.165) is 28.0 Å². The fourth-order valence-corrected chi connectivity index (χ4v) is 2.79. The zero-order valence-corrected chi connectivity index (χ0v) is 14.3. The molecule has 102 valence electrons. The standard InChI is InChI=1S/C17H14N3.Sn/c18-17(14-7-2-1-3-8-14)19-12-15-11-10-13-6-4-5-9-16(13)20-15;/h1-11H,12H2,(H-,18,19);/q-1;. The third-order valence-corrected chi connectivity index (χ3v) is 3.90. The zero-order valence-electron chi connectivity index (χ0n) is 11.5. The van der Waals surface area contributed by atoms with Crippen LogP contribution < -0.4 is 3.54 Å². The fourth-order valence-electron chi connectivity index (χ4n) is 2.16. The van der Waals surface area contributed by atoms with Gasteiger partial charge in [-0.25, -0.2) is 0 Å². The van der Waals surface area contributed by atoms with Crippen molar-refractivity contribution in [2.75, 3.05) is 0 Å². The Bertz CT molecular complexity index is 769. The van der Waals surface area contributed by atoms with Crippen LogP contribution >= 0.6 is 0 Å². The fraction of sp³-hybridized carbons (Fsp3) is 0.0588. The zero-order chi connectivity index (χ0) is 14.5. The number of pyridine rings is 1. The Hall–Kier alpha value is -1.88. The molecule has 3 aromatic rings. The Labute approximate surface area is 137 Å². The molecule has 0 atom stereocenters. The van der Waals surface area contributed by atoms with Crippen LogP contribution in [-0.4, -0.2) is 33.6 Å². The number of para-hydroxylation sites is 1. The van der Waals surface area contributed by atoms with Gasteiger partial charge in [-0.1, -0.05) is 0 Å². The molecule has 0 bridgehead atoms. The van der Waals surface area contributed by atoms with Gasteiger partial charge in [0, 0.05) is 0 Å². The number of rotatable bonds is 3. The molecule has 3 nitrogen and oxygen atoms in total. The maximum atomic E-state index is 4.66. The van der Waals surface area contributed by atoms with Gasteiger partial charge in [-0.05, 0) is 0 Å². The summed E-state index contributed by atoms with van der Waals surface area (Å²) in [5, 5.41) is 1.16. The van der Waals surface area contributed by atoms with Gasteiger partial charge in [-0.2, -0.15) is 0 Å². The molecule has 1 N–H and O–H groups in total. The van der Waals surface area contributed by atoms with Crippen LogP contribution in [0.2, 0.25) is 0 Å². The molecular formula is C17H14N3Sn-. The summed E-state index contributed by atoms with van der Waals surface area (Å²) in [6, 6.07) is 22.4. The van der Waals surface area contributed by atoms with Crippen molar-refractivity contribution in [2.45, 2.75) is 6.54 Å². The van der Waals surface area contributed by atoms with Gasteiger partial charge in [0.2, 0.25) is 0 Å². The average Bonchev–Trinajstić information content (AvgIpc) is 2.56. The molecule has 1 aromatic heterocycles. The minimum absolute atomic E-state index is 0.580. The summed E-state index contributed by atoms with van der Waals surface area (Å²) in [6.07, 6.45) is 0. The van der Waals surface area contributed by atoms with E-state index in [4.69, 9.17) is 0 Å². The number of aromatic nitrogens is 1. The van der Waals surface area contributed by atoms with Crippen molar-refractivity contribution >= 4 is 39.5 Å². The molecule has 2 radical (unpaired) electrons. The number of aliphatic imine (C=N–C) groups is 1. The Morgan fingerprint density at radius 2 is 1.71 bits per heavy atom. The van der Waals surface area contributed by atoms with E-state index in [1.165, 1.54) is 22.8 Å². The monoisotopic (exact) mass is 380 g/mol.